The third-order valence-corrected chi connectivity index (χ3v) is 4.77. The van der Waals surface area contributed by atoms with Crippen LogP contribution in [0.15, 0.2) is 16.9 Å². The molecule has 8 heteroatoms. The van der Waals surface area contributed by atoms with Crippen LogP contribution < -0.4 is 4.90 Å². The summed E-state index contributed by atoms with van der Waals surface area (Å²) in [5.74, 6) is 2.70. The molecule has 0 spiro atoms. The minimum absolute atomic E-state index is 0.0894. The molecule has 1 aliphatic heterocycles. The van der Waals surface area contributed by atoms with Gasteiger partial charge in [-0.2, -0.15) is 4.98 Å². The number of carbonyl (C=O) groups excluding carboxylic acids is 1. The fraction of sp³-hybridized carbons (Fsp3) is 0.588. The third kappa shape index (κ3) is 3.33. The summed E-state index contributed by atoms with van der Waals surface area (Å²) in [4.78, 5) is 29.5. The summed E-state index contributed by atoms with van der Waals surface area (Å²) in [6.45, 7) is 1.32. The molecule has 8 nitrogen and oxygen atoms in total. The Morgan fingerprint density at radius 1 is 1.20 bits per heavy atom. The molecule has 25 heavy (non-hydrogen) atoms. The normalized spacial score (nSPS) is 20.6. The number of carbonyl (C=O) groups is 1. The molecule has 0 radical (unpaired) electrons. The Morgan fingerprint density at radius 2 is 2.04 bits per heavy atom. The summed E-state index contributed by atoms with van der Waals surface area (Å²) in [5, 5.41) is 4.14. The molecular weight excluding hydrogens is 320 g/mol. The molecule has 1 amide bonds. The fourth-order valence-electron chi connectivity index (χ4n) is 3.11. The third-order valence-electron chi connectivity index (χ3n) is 4.77. The first-order valence-electron chi connectivity index (χ1n) is 8.74. The zero-order chi connectivity index (χ0) is 17.4. The summed E-state index contributed by atoms with van der Waals surface area (Å²) in [6.07, 6.45) is 7.33. The quantitative estimate of drug-likeness (QED) is 0.837. The van der Waals surface area contributed by atoms with E-state index in [0.29, 0.717) is 18.2 Å². The first-order chi connectivity index (χ1) is 12.1. The van der Waals surface area contributed by atoms with Gasteiger partial charge in [-0.25, -0.2) is 9.97 Å². The molecule has 1 saturated heterocycles. The highest BCUT2D eigenvalue weighted by Gasteiger charge is 2.33. The van der Waals surface area contributed by atoms with Crippen LogP contribution in [-0.4, -0.2) is 58.1 Å². The zero-order valence-electron chi connectivity index (χ0n) is 14.6. The molecule has 1 saturated carbocycles. The van der Waals surface area contributed by atoms with Gasteiger partial charge in [-0.05, 0) is 25.7 Å². The average molecular weight is 342 g/mol. The van der Waals surface area contributed by atoms with E-state index in [1.54, 1.807) is 12.4 Å². The number of anilines is 1. The second-order valence-electron chi connectivity index (χ2n) is 7.01. The summed E-state index contributed by atoms with van der Waals surface area (Å²) in [6, 6.07) is 0. The number of nitrogens with zero attached hydrogens (tertiary/aromatic N) is 6. The summed E-state index contributed by atoms with van der Waals surface area (Å²) in [7, 11) is 3.78. The van der Waals surface area contributed by atoms with Gasteiger partial charge in [0.05, 0.1) is 12.4 Å². The Balaban J connectivity index is 1.45. The summed E-state index contributed by atoms with van der Waals surface area (Å²) in [5.41, 5.74) is 0.373. The number of hydrogen-bond acceptors (Lipinski definition) is 7. The van der Waals surface area contributed by atoms with Crippen LogP contribution in [-0.2, 0) is 0 Å². The van der Waals surface area contributed by atoms with E-state index in [-0.39, 0.29) is 11.8 Å². The molecule has 1 aliphatic carbocycles. The van der Waals surface area contributed by atoms with E-state index in [1.807, 2.05) is 23.9 Å². The lowest BCUT2D eigenvalue weighted by Crippen LogP contribution is -2.39. The largest absolute Gasteiger partial charge is 0.361 e. The van der Waals surface area contributed by atoms with Gasteiger partial charge >= 0.3 is 0 Å². The van der Waals surface area contributed by atoms with Gasteiger partial charge in [-0.15, -0.1) is 0 Å². The first-order valence-corrected chi connectivity index (χ1v) is 8.74. The van der Waals surface area contributed by atoms with Crippen LogP contribution in [0, 0.1) is 0 Å². The van der Waals surface area contributed by atoms with Crippen molar-refractivity contribution < 1.29 is 9.32 Å². The lowest BCUT2D eigenvalue weighted by atomic mass is 9.97. The van der Waals surface area contributed by atoms with E-state index < -0.39 is 0 Å². The van der Waals surface area contributed by atoms with Crippen molar-refractivity contribution in [2.75, 3.05) is 32.1 Å². The molecule has 132 valence electrons. The maximum Gasteiger partial charge on any atom is 0.274 e. The van der Waals surface area contributed by atoms with E-state index in [9.17, 15) is 4.79 Å². The van der Waals surface area contributed by atoms with Crippen molar-refractivity contribution in [1.82, 2.24) is 25.0 Å². The molecule has 2 fully saturated rings. The molecule has 2 aromatic rings. The van der Waals surface area contributed by atoms with Gasteiger partial charge in [0, 0.05) is 39.0 Å². The highest BCUT2D eigenvalue weighted by Crippen LogP contribution is 2.39. The van der Waals surface area contributed by atoms with Crippen molar-refractivity contribution in [3.05, 3.63) is 29.8 Å². The molecule has 0 N–H and O–H groups in total. The van der Waals surface area contributed by atoms with Crippen LogP contribution in [0.4, 0.5) is 5.82 Å². The predicted octanol–water partition coefficient (Wildman–Crippen LogP) is 1.82. The van der Waals surface area contributed by atoms with Crippen LogP contribution in [0.3, 0.4) is 0 Å². The number of amides is 1. The minimum atomic E-state index is -0.0894. The predicted molar refractivity (Wildman–Crippen MR) is 90.5 cm³/mol. The van der Waals surface area contributed by atoms with Gasteiger partial charge in [-0.1, -0.05) is 5.16 Å². The molecular formula is C17H22N6O2. The van der Waals surface area contributed by atoms with Crippen molar-refractivity contribution in [3.8, 4) is 0 Å². The van der Waals surface area contributed by atoms with Crippen molar-refractivity contribution in [2.24, 2.45) is 0 Å². The smallest absolute Gasteiger partial charge is 0.274 e. The van der Waals surface area contributed by atoms with Gasteiger partial charge in [0.25, 0.3) is 5.91 Å². The number of likely N-dealkylation sites (tertiary alicyclic amines) is 1. The standard InChI is InChI=1S/C17H22N6O2/c1-22(2)14-9-18-13(8-19-14)17(24)23-7-3-4-12(10-23)15-20-16(25-21-15)11-5-6-11/h8-9,11-12H,3-7,10H2,1-2H3. The SMILES string of the molecule is CN(C)c1cnc(C(=O)N2CCCC(c3noc(C4CC4)n3)C2)cn1. The molecule has 1 unspecified atom stereocenters. The van der Waals surface area contributed by atoms with Crippen LogP contribution >= 0.6 is 0 Å². The Bertz CT molecular complexity index is 753. The van der Waals surface area contributed by atoms with Crippen LogP contribution in [0.25, 0.3) is 0 Å². The fourth-order valence-corrected chi connectivity index (χ4v) is 3.11. The van der Waals surface area contributed by atoms with Gasteiger partial charge in [0.2, 0.25) is 5.89 Å². The highest BCUT2D eigenvalue weighted by molar-refractivity contribution is 5.92. The second kappa shape index (κ2) is 6.42. The Labute approximate surface area is 146 Å². The van der Waals surface area contributed by atoms with Gasteiger partial charge in [0.15, 0.2) is 5.82 Å². The van der Waals surface area contributed by atoms with Gasteiger partial charge in [0.1, 0.15) is 11.5 Å². The van der Waals surface area contributed by atoms with E-state index in [2.05, 4.69) is 20.1 Å². The van der Waals surface area contributed by atoms with Crippen LogP contribution in [0.5, 0.6) is 0 Å². The van der Waals surface area contributed by atoms with Gasteiger partial charge < -0.3 is 14.3 Å². The monoisotopic (exact) mass is 342 g/mol. The maximum atomic E-state index is 12.7. The first kappa shape index (κ1) is 16.0. The highest BCUT2D eigenvalue weighted by atomic mass is 16.5. The van der Waals surface area contributed by atoms with Crippen LogP contribution in [0.2, 0.25) is 0 Å². The lowest BCUT2D eigenvalue weighted by molar-refractivity contribution is 0.0697. The maximum absolute atomic E-state index is 12.7. The number of hydrogen-bond donors (Lipinski definition) is 0. The van der Waals surface area contributed by atoms with E-state index in [4.69, 9.17) is 4.52 Å². The lowest BCUT2D eigenvalue weighted by Gasteiger charge is -2.31. The molecule has 0 bridgehead atoms. The molecule has 1 atom stereocenters. The average Bonchev–Trinajstić information content (AvgIpc) is 3.38. The van der Waals surface area contributed by atoms with Crippen LogP contribution in [0.1, 0.15) is 59.7 Å². The van der Waals surface area contributed by atoms with Gasteiger partial charge in [-0.3, -0.25) is 4.79 Å². The van der Waals surface area contributed by atoms with Crippen molar-refractivity contribution in [2.45, 2.75) is 37.5 Å². The second-order valence-corrected chi connectivity index (χ2v) is 7.01. The Hall–Kier alpha value is -2.51. The number of rotatable bonds is 4. The molecule has 2 aliphatic rings. The zero-order valence-corrected chi connectivity index (χ0v) is 14.6. The van der Waals surface area contributed by atoms with E-state index in [1.165, 1.54) is 0 Å². The van der Waals surface area contributed by atoms with Crippen molar-refractivity contribution >= 4 is 11.7 Å². The number of aromatic nitrogens is 4. The van der Waals surface area contributed by atoms with Crippen molar-refractivity contribution in [3.63, 3.8) is 0 Å². The molecule has 3 heterocycles. The van der Waals surface area contributed by atoms with Crippen molar-refractivity contribution in [1.29, 1.82) is 0 Å². The number of piperidine rings is 1. The summed E-state index contributed by atoms with van der Waals surface area (Å²) < 4.78 is 5.37. The minimum Gasteiger partial charge on any atom is -0.361 e. The van der Waals surface area contributed by atoms with E-state index >= 15 is 0 Å². The molecule has 0 aromatic carbocycles. The molecule has 4 rings (SSSR count). The molecule has 2 aromatic heterocycles. The topological polar surface area (TPSA) is 88.3 Å². The Morgan fingerprint density at radius 3 is 2.72 bits per heavy atom. The summed E-state index contributed by atoms with van der Waals surface area (Å²) >= 11 is 0. The van der Waals surface area contributed by atoms with E-state index in [0.717, 1.165) is 49.8 Å². The Kier molecular flexibility index (Phi) is 4.10.